The van der Waals surface area contributed by atoms with Crippen LogP contribution >= 0.6 is 0 Å². The van der Waals surface area contributed by atoms with Crippen LogP contribution in [0.2, 0.25) is 0 Å². The van der Waals surface area contributed by atoms with Crippen molar-refractivity contribution in [3.8, 4) is 0 Å². The molecule has 8 nitrogen and oxygen atoms in total. The maximum atomic E-state index is 11.9. The lowest BCUT2D eigenvalue weighted by molar-refractivity contribution is -0.137. The summed E-state index contributed by atoms with van der Waals surface area (Å²) in [5, 5.41) is 10.9. The minimum atomic E-state index is -1.19. The van der Waals surface area contributed by atoms with Crippen molar-refractivity contribution in [2.24, 2.45) is 0 Å². The third-order valence-electron chi connectivity index (χ3n) is 2.66. The number of aliphatic carboxylic acids is 1. The Labute approximate surface area is 125 Å². The molecule has 0 radical (unpaired) electrons. The van der Waals surface area contributed by atoms with Gasteiger partial charge in [0.2, 0.25) is 0 Å². The van der Waals surface area contributed by atoms with E-state index in [0.29, 0.717) is 0 Å². The minimum Gasteiger partial charge on any atom is -0.480 e. The molecular weight excluding hydrogens is 290 g/mol. The first-order chi connectivity index (χ1) is 10.6. The monoisotopic (exact) mass is 303 g/mol. The zero-order valence-corrected chi connectivity index (χ0v) is 11.4. The largest absolute Gasteiger partial charge is 0.480 e. The molecule has 0 saturated heterocycles. The van der Waals surface area contributed by atoms with Crippen LogP contribution in [0.25, 0.3) is 0 Å². The fraction of sp³-hybridized carbons (Fsp3) is 0.143. The van der Waals surface area contributed by atoms with Crippen molar-refractivity contribution in [3.05, 3.63) is 58.8 Å². The van der Waals surface area contributed by atoms with Gasteiger partial charge in [-0.25, -0.2) is 9.78 Å². The molecule has 0 atom stereocenters. The molecule has 2 rings (SSSR count). The highest BCUT2D eigenvalue weighted by atomic mass is 16.5. The topological polar surface area (TPSA) is 111 Å². The number of hydrogen-bond donors (Lipinski definition) is 2. The number of carboxylic acid groups (broad SMARTS) is 1. The van der Waals surface area contributed by atoms with E-state index in [9.17, 15) is 14.4 Å². The summed E-state index contributed by atoms with van der Waals surface area (Å²) in [5.74, 6) is -1.19. The number of anilines is 1. The highest BCUT2D eigenvalue weighted by Gasteiger charge is 2.10. The van der Waals surface area contributed by atoms with Crippen molar-refractivity contribution in [2.75, 3.05) is 5.32 Å². The van der Waals surface area contributed by atoms with Gasteiger partial charge in [0.1, 0.15) is 18.8 Å². The van der Waals surface area contributed by atoms with Gasteiger partial charge in [-0.3, -0.25) is 19.5 Å². The summed E-state index contributed by atoms with van der Waals surface area (Å²) in [6, 6.07) is 9.03. The number of carbonyl (C=O) groups is 2. The number of amides is 1. The number of carbonyl (C=O) groups excluding carboxylic acids is 1. The molecule has 0 aliphatic carbocycles. The van der Waals surface area contributed by atoms with E-state index in [-0.39, 0.29) is 12.3 Å². The van der Waals surface area contributed by atoms with E-state index in [2.05, 4.69) is 10.3 Å². The average Bonchev–Trinajstić information content (AvgIpc) is 2.50. The van der Waals surface area contributed by atoms with Gasteiger partial charge in [0.05, 0.1) is 12.5 Å². The van der Waals surface area contributed by atoms with Gasteiger partial charge in [-0.1, -0.05) is 30.3 Å². The zero-order valence-electron chi connectivity index (χ0n) is 11.4. The molecule has 22 heavy (non-hydrogen) atoms. The first-order valence-electron chi connectivity index (χ1n) is 6.30. The lowest BCUT2D eigenvalue weighted by Crippen LogP contribution is -2.28. The number of nitrogens with one attached hydrogen (secondary N) is 1. The van der Waals surface area contributed by atoms with Crippen LogP contribution in [0.5, 0.6) is 0 Å². The van der Waals surface area contributed by atoms with Gasteiger partial charge >= 0.3 is 12.1 Å². The Balaban J connectivity index is 2.00. The van der Waals surface area contributed by atoms with Crippen molar-refractivity contribution in [2.45, 2.75) is 13.2 Å². The second-order valence-electron chi connectivity index (χ2n) is 4.32. The molecule has 0 unspecified atom stereocenters. The van der Waals surface area contributed by atoms with Crippen LogP contribution in [0.15, 0.2) is 47.7 Å². The van der Waals surface area contributed by atoms with Crippen molar-refractivity contribution >= 4 is 17.7 Å². The van der Waals surface area contributed by atoms with Gasteiger partial charge in [-0.15, -0.1) is 0 Å². The van der Waals surface area contributed by atoms with Gasteiger partial charge in [0, 0.05) is 0 Å². The molecule has 0 aliphatic heterocycles. The number of ether oxygens (including phenoxy) is 1. The minimum absolute atomic E-state index is 0.0518. The lowest BCUT2D eigenvalue weighted by atomic mass is 10.2. The molecule has 2 N–H and O–H groups in total. The molecule has 2 aromatic rings. The van der Waals surface area contributed by atoms with E-state index in [1.165, 1.54) is 0 Å². The number of aromatic nitrogens is 2. The molecule has 1 aromatic carbocycles. The number of rotatable bonds is 5. The molecule has 8 heteroatoms. The predicted molar refractivity (Wildman–Crippen MR) is 76.4 cm³/mol. The smallest absolute Gasteiger partial charge is 0.412 e. The molecule has 0 aliphatic rings. The third kappa shape index (κ3) is 4.17. The number of benzene rings is 1. The second-order valence-corrected chi connectivity index (χ2v) is 4.32. The van der Waals surface area contributed by atoms with Crippen LogP contribution in [-0.2, 0) is 22.7 Å². The molecule has 0 spiro atoms. The molecular formula is C14H13N3O5. The van der Waals surface area contributed by atoms with E-state index < -0.39 is 24.2 Å². The maximum Gasteiger partial charge on any atom is 0.412 e. The van der Waals surface area contributed by atoms with Crippen LogP contribution in [0.4, 0.5) is 10.5 Å². The molecule has 0 fully saturated rings. The van der Waals surface area contributed by atoms with Gasteiger partial charge in [-0.2, -0.15) is 0 Å². The Morgan fingerprint density at radius 2 is 2.00 bits per heavy atom. The Hall–Kier alpha value is -3.16. The Morgan fingerprint density at radius 1 is 1.27 bits per heavy atom. The Bertz CT molecular complexity index is 727. The van der Waals surface area contributed by atoms with Crippen LogP contribution in [0.1, 0.15) is 5.56 Å². The van der Waals surface area contributed by atoms with Gasteiger partial charge < -0.3 is 9.84 Å². The summed E-state index contributed by atoms with van der Waals surface area (Å²) >= 11 is 0. The number of nitrogens with zero attached hydrogens (tertiary/aromatic N) is 2. The van der Waals surface area contributed by atoms with Crippen LogP contribution in [0.3, 0.4) is 0 Å². The summed E-state index contributed by atoms with van der Waals surface area (Å²) in [5.41, 5.74) is -0.0250. The van der Waals surface area contributed by atoms with Crippen molar-refractivity contribution in [1.82, 2.24) is 9.55 Å². The summed E-state index contributed by atoms with van der Waals surface area (Å²) in [6.45, 7) is -0.489. The summed E-state index contributed by atoms with van der Waals surface area (Å²) < 4.78 is 5.84. The fourth-order valence-electron chi connectivity index (χ4n) is 1.66. The molecule has 114 valence electrons. The van der Waals surface area contributed by atoms with E-state index >= 15 is 0 Å². The van der Waals surface area contributed by atoms with Gasteiger partial charge in [0.25, 0.3) is 5.56 Å². The first kappa shape index (κ1) is 15.2. The van der Waals surface area contributed by atoms with Crippen LogP contribution < -0.4 is 10.9 Å². The van der Waals surface area contributed by atoms with Gasteiger partial charge in [-0.05, 0) is 5.56 Å². The van der Waals surface area contributed by atoms with Crippen molar-refractivity contribution < 1.29 is 19.4 Å². The lowest BCUT2D eigenvalue weighted by Gasteiger charge is -2.08. The summed E-state index contributed by atoms with van der Waals surface area (Å²) in [4.78, 5) is 37.9. The van der Waals surface area contributed by atoms with E-state index in [1.807, 2.05) is 18.2 Å². The zero-order chi connectivity index (χ0) is 15.9. The summed E-state index contributed by atoms with van der Waals surface area (Å²) in [7, 11) is 0. The summed E-state index contributed by atoms with van der Waals surface area (Å²) in [6.07, 6.45) is 1.39. The predicted octanol–water partition coefficient (Wildman–Crippen LogP) is 1.08. The van der Waals surface area contributed by atoms with Crippen molar-refractivity contribution in [3.63, 3.8) is 0 Å². The van der Waals surface area contributed by atoms with E-state index in [0.717, 1.165) is 22.7 Å². The number of carboxylic acids is 1. The van der Waals surface area contributed by atoms with E-state index in [1.54, 1.807) is 12.1 Å². The van der Waals surface area contributed by atoms with Gasteiger partial charge in [0.15, 0.2) is 0 Å². The SMILES string of the molecule is O=C(O)Cn1cncc(NC(=O)OCc2ccccc2)c1=O. The normalized spacial score (nSPS) is 10.0. The quantitative estimate of drug-likeness (QED) is 0.855. The van der Waals surface area contributed by atoms with E-state index in [4.69, 9.17) is 9.84 Å². The maximum absolute atomic E-state index is 11.9. The first-order valence-corrected chi connectivity index (χ1v) is 6.30. The number of hydrogen-bond acceptors (Lipinski definition) is 5. The second kappa shape index (κ2) is 7.02. The Morgan fingerprint density at radius 3 is 2.68 bits per heavy atom. The highest BCUT2D eigenvalue weighted by molar-refractivity contribution is 5.84. The molecule has 0 bridgehead atoms. The van der Waals surface area contributed by atoms with Crippen LogP contribution in [-0.4, -0.2) is 26.7 Å². The molecule has 0 saturated carbocycles. The average molecular weight is 303 g/mol. The molecule has 1 aromatic heterocycles. The Kier molecular flexibility index (Phi) is 4.86. The standard InChI is InChI=1S/C14H13N3O5/c18-12(19)7-17-9-15-6-11(13(17)20)16-14(21)22-8-10-4-2-1-3-5-10/h1-6,9H,7-8H2,(H,16,21)(H,18,19). The fourth-order valence-corrected chi connectivity index (χ4v) is 1.66. The van der Waals surface area contributed by atoms with Crippen LogP contribution in [0, 0.1) is 0 Å². The highest BCUT2D eigenvalue weighted by Crippen LogP contribution is 2.03. The molecule has 1 heterocycles. The molecule has 1 amide bonds. The third-order valence-corrected chi connectivity index (χ3v) is 2.66. The van der Waals surface area contributed by atoms with Crippen molar-refractivity contribution in [1.29, 1.82) is 0 Å².